The van der Waals surface area contributed by atoms with Gasteiger partial charge < -0.3 is 9.79 Å². The second-order valence-corrected chi connectivity index (χ2v) is 10.4. The number of benzene rings is 2. The molecule has 0 aliphatic heterocycles. The second kappa shape index (κ2) is 9.19. The number of alkyl halides is 2. The molecule has 0 spiro atoms. The molecule has 0 aliphatic rings. The zero-order chi connectivity index (χ0) is 20.2. The molecule has 1 unspecified atom stereocenters. The molecular weight excluding hydrogens is 457 g/mol. The lowest BCUT2D eigenvalue weighted by Crippen LogP contribution is -2.14. The van der Waals surface area contributed by atoms with E-state index in [0.717, 1.165) is 18.1 Å². The van der Waals surface area contributed by atoms with Crippen LogP contribution in [0.25, 0.3) is 0 Å². The van der Waals surface area contributed by atoms with Crippen molar-refractivity contribution in [1.82, 2.24) is 0 Å². The van der Waals surface area contributed by atoms with Gasteiger partial charge in [-0.3, -0.25) is 4.57 Å². The van der Waals surface area contributed by atoms with E-state index < -0.39 is 18.8 Å². The minimum absolute atomic E-state index is 0.00551. The summed E-state index contributed by atoms with van der Waals surface area (Å²) < 4.78 is 39.0. The molecule has 0 fully saturated rings. The van der Waals surface area contributed by atoms with E-state index in [1.54, 1.807) is 11.8 Å². The molecule has 1 atom stereocenters. The van der Waals surface area contributed by atoms with Gasteiger partial charge in [-0.1, -0.05) is 72.2 Å². The van der Waals surface area contributed by atoms with Crippen LogP contribution in [-0.2, 0) is 16.0 Å². The Balaban J connectivity index is 2.17. The molecule has 0 aromatic heterocycles. The van der Waals surface area contributed by atoms with Gasteiger partial charge in [0.25, 0.3) is 0 Å². The van der Waals surface area contributed by atoms with Crippen LogP contribution in [-0.4, -0.2) is 9.79 Å². The zero-order valence-electron chi connectivity index (χ0n) is 15.0. The quantitative estimate of drug-likeness (QED) is 0.414. The molecule has 0 saturated carbocycles. The molecule has 0 saturated heterocycles. The Morgan fingerprint density at radius 2 is 1.78 bits per heavy atom. The first-order valence-corrected chi connectivity index (χ1v) is 11.9. The maximum absolute atomic E-state index is 13.9. The summed E-state index contributed by atoms with van der Waals surface area (Å²) in [5.41, 5.74) is -2.89. The van der Waals surface area contributed by atoms with Gasteiger partial charge in [0, 0.05) is 21.0 Å². The smallest absolute Gasteiger partial charge is 0.320 e. The molecule has 8 heteroatoms. The Morgan fingerprint density at radius 1 is 1.15 bits per heavy atom. The van der Waals surface area contributed by atoms with Gasteiger partial charge in [-0.05, 0) is 29.5 Å². The summed E-state index contributed by atoms with van der Waals surface area (Å²) in [5, 5.41) is 0.279. The van der Waals surface area contributed by atoms with Crippen molar-refractivity contribution in [3.05, 3.63) is 69.7 Å². The number of hydrogen-bond donors (Lipinski definition) is 2. The highest BCUT2D eigenvalue weighted by Gasteiger charge is 2.51. The summed E-state index contributed by atoms with van der Waals surface area (Å²) in [6, 6.07) is 14.2. The molecule has 0 bridgehead atoms. The van der Waals surface area contributed by atoms with Crippen molar-refractivity contribution >= 4 is 35.3 Å². The van der Waals surface area contributed by atoms with Crippen LogP contribution in [0.3, 0.4) is 0 Å². The Labute approximate surface area is 170 Å². The first kappa shape index (κ1) is 22.6. The van der Waals surface area contributed by atoms with Crippen LogP contribution in [0.15, 0.2) is 53.0 Å². The summed E-state index contributed by atoms with van der Waals surface area (Å²) in [6.45, 7) is 4.32. The minimum atomic E-state index is -5.59. The molecule has 27 heavy (non-hydrogen) atoms. The van der Waals surface area contributed by atoms with Gasteiger partial charge in [-0.25, -0.2) is 0 Å². The predicted molar refractivity (Wildman–Crippen MR) is 110 cm³/mol. The van der Waals surface area contributed by atoms with Crippen molar-refractivity contribution < 1.29 is 23.1 Å². The molecule has 2 aromatic carbocycles. The Kier molecular flexibility index (Phi) is 7.68. The highest BCUT2D eigenvalue weighted by molar-refractivity contribution is 9.10. The van der Waals surface area contributed by atoms with E-state index in [9.17, 15) is 13.3 Å². The summed E-state index contributed by atoms with van der Waals surface area (Å²) in [6.07, 6.45) is 0.990. The van der Waals surface area contributed by atoms with E-state index in [0.29, 0.717) is 11.7 Å². The number of hydrogen-bond acceptors (Lipinski definition) is 2. The van der Waals surface area contributed by atoms with Crippen LogP contribution in [0.5, 0.6) is 0 Å². The molecule has 148 valence electrons. The number of rotatable bonds is 8. The van der Waals surface area contributed by atoms with Crippen molar-refractivity contribution in [2.75, 3.05) is 0 Å². The average Bonchev–Trinajstić information content (AvgIpc) is 2.58. The van der Waals surface area contributed by atoms with Gasteiger partial charge in [0.2, 0.25) is 0 Å². The van der Waals surface area contributed by atoms with Gasteiger partial charge in [0.15, 0.2) is 0 Å². The van der Waals surface area contributed by atoms with Crippen LogP contribution in [0, 0.1) is 5.92 Å². The lowest BCUT2D eigenvalue weighted by Gasteiger charge is -2.21. The summed E-state index contributed by atoms with van der Waals surface area (Å²) in [4.78, 5) is 17.8. The van der Waals surface area contributed by atoms with Crippen molar-refractivity contribution in [3.63, 3.8) is 0 Å². The van der Waals surface area contributed by atoms with E-state index in [1.807, 2.05) is 18.2 Å². The largest absolute Gasteiger partial charge is 0.399 e. The zero-order valence-corrected chi connectivity index (χ0v) is 18.3. The molecule has 2 rings (SSSR count). The fourth-order valence-corrected chi connectivity index (χ4v) is 5.42. The first-order valence-electron chi connectivity index (χ1n) is 8.41. The SMILES string of the molecule is CC(C)CC(SCc1ccc(C(F)(F)P(=O)(O)O)c(Br)c1)c1ccccc1. The molecule has 3 nitrogen and oxygen atoms in total. The minimum Gasteiger partial charge on any atom is -0.320 e. The summed E-state index contributed by atoms with van der Waals surface area (Å²) in [5.74, 6) is 1.12. The van der Waals surface area contributed by atoms with Gasteiger partial charge in [-0.2, -0.15) is 8.78 Å². The third-order valence-corrected chi connectivity index (χ3v) is 7.03. The van der Waals surface area contributed by atoms with Gasteiger partial charge >= 0.3 is 13.3 Å². The maximum atomic E-state index is 13.9. The van der Waals surface area contributed by atoms with Crippen LogP contribution in [0.4, 0.5) is 8.78 Å². The topological polar surface area (TPSA) is 57.5 Å². The van der Waals surface area contributed by atoms with Crippen LogP contribution < -0.4 is 0 Å². The second-order valence-electron chi connectivity index (χ2n) is 6.74. The predicted octanol–water partition coefficient (Wildman–Crippen LogP) is 6.70. The standard InChI is InChI=1S/C19H22BrF2O3PS/c1-13(2)10-18(15-6-4-3-5-7-15)27-12-14-8-9-16(17(20)11-14)19(21,22)26(23,24)25/h3-9,11,13,18H,10,12H2,1-2H3,(H2,23,24,25). The fraction of sp³-hybridized carbons (Fsp3) is 0.368. The Hall–Kier alpha value is -0.720. The third kappa shape index (κ3) is 5.88. The van der Waals surface area contributed by atoms with Crippen molar-refractivity contribution in [2.45, 2.75) is 36.9 Å². The molecule has 0 heterocycles. The molecule has 0 aliphatic carbocycles. The van der Waals surface area contributed by atoms with Crippen LogP contribution in [0.1, 0.15) is 42.2 Å². The molecular formula is C19H22BrF2O3PS. The number of halogens is 3. The Morgan fingerprint density at radius 3 is 2.30 bits per heavy atom. The highest BCUT2D eigenvalue weighted by Crippen LogP contribution is 2.60. The average molecular weight is 479 g/mol. The normalized spacial score (nSPS) is 13.8. The lowest BCUT2D eigenvalue weighted by molar-refractivity contribution is 0.0557. The van der Waals surface area contributed by atoms with E-state index in [4.69, 9.17) is 9.79 Å². The molecule has 0 radical (unpaired) electrons. The monoisotopic (exact) mass is 478 g/mol. The molecule has 2 N–H and O–H groups in total. The van der Waals surface area contributed by atoms with Crippen molar-refractivity contribution in [1.29, 1.82) is 0 Å². The highest BCUT2D eigenvalue weighted by atomic mass is 79.9. The Bertz CT molecular complexity index is 812. The first-order chi connectivity index (χ1) is 12.5. The van der Waals surface area contributed by atoms with E-state index >= 15 is 0 Å². The van der Waals surface area contributed by atoms with Gasteiger partial charge in [0.1, 0.15) is 0 Å². The lowest BCUT2D eigenvalue weighted by atomic mass is 10.0. The van der Waals surface area contributed by atoms with Gasteiger partial charge in [-0.15, -0.1) is 11.8 Å². The van der Waals surface area contributed by atoms with Crippen molar-refractivity contribution in [2.24, 2.45) is 5.92 Å². The summed E-state index contributed by atoms with van der Waals surface area (Å²) in [7, 11) is -5.59. The fourth-order valence-electron chi connectivity index (χ4n) is 2.64. The molecule has 2 aromatic rings. The molecule has 0 amide bonds. The summed E-state index contributed by atoms with van der Waals surface area (Å²) >= 11 is 4.76. The van der Waals surface area contributed by atoms with Crippen LogP contribution >= 0.6 is 35.3 Å². The van der Waals surface area contributed by atoms with E-state index in [2.05, 4.69) is 41.9 Å². The van der Waals surface area contributed by atoms with Crippen molar-refractivity contribution in [3.8, 4) is 0 Å². The van der Waals surface area contributed by atoms with E-state index in [-0.39, 0.29) is 9.72 Å². The van der Waals surface area contributed by atoms with E-state index in [1.165, 1.54) is 17.7 Å². The maximum Gasteiger partial charge on any atom is 0.399 e. The van der Waals surface area contributed by atoms with Gasteiger partial charge in [0.05, 0.1) is 0 Å². The van der Waals surface area contributed by atoms with Crippen LogP contribution in [0.2, 0.25) is 0 Å². The number of thioether (sulfide) groups is 1. The third-order valence-electron chi connectivity index (χ3n) is 4.03.